The number of nitrogens with one attached hydrogen (secondary N) is 1. The zero-order valence-electron chi connectivity index (χ0n) is 15.9. The second kappa shape index (κ2) is 9.03. The minimum atomic E-state index is -3.56. The standard InChI is InChI=1S/C19H29N3O4S/c1-26-18-8-7-16(27(24,25)22-13-4-5-14-22)15-17(18)19(23)20-9-6-12-21-10-2-3-11-21/h7-8,15H,2-6,9-14H2,1H3,(H,20,23). The van der Waals surface area contributed by atoms with Crippen molar-refractivity contribution in [1.29, 1.82) is 0 Å². The molecule has 0 aliphatic carbocycles. The van der Waals surface area contributed by atoms with Crippen LogP contribution in [0.4, 0.5) is 0 Å². The Morgan fingerprint density at radius 3 is 2.44 bits per heavy atom. The van der Waals surface area contributed by atoms with Crippen LogP contribution in [-0.2, 0) is 10.0 Å². The number of ether oxygens (including phenoxy) is 1. The van der Waals surface area contributed by atoms with Gasteiger partial charge in [0.05, 0.1) is 17.6 Å². The molecule has 2 saturated heterocycles. The van der Waals surface area contributed by atoms with E-state index in [0.717, 1.165) is 38.9 Å². The lowest BCUT2D eigenvalue weighted by atomic mass is 10.2. The van der Waals surface area contributed by atoms with Crippen LogP contribution in [0.25, 0.3) is 0 Å². The molecule has 1 amide bonds. The first-order valence-electron chi connectivity index (χ1n) is 9.71. The van der Waals surface area contributed by atoms with Gasteiger partial charge in [-0.3, -0.25) is 4.79 Å². The second-order valence-corrected chi connectivity index (χ2v) is 9.07. The molecule has 2 aliphatic rings. The SMILES string of the molecule is COc1ccc(S(=O)(=O)N2CCCC2)cc1C(=O)NCCCN1CCCC1. The average Bonchev–Trinajstić information content (AvgIpc) is 3.38. The van der Waals surface area contributed by atoms with Crippen molar-refractivity contribution < 1.29 is 17.9 Å². The second-order valence-electron chi connectivity index (χ2n) is 7.13. The number of likely N-dealkylation sites (tertiary alicyclic amines) is 1. The fourth-order valence-corrected chi connectivity index (χ4v) is 5.25. The molecule has 7 nitrogen and oxygen atoms in total. The van der Waals surface area contributed by atoms with Crippen molar-refractivity contribution in [3.8, 4) is 5.75 Å². The quantitative estimate of drug-likeness (QED) is 0.678. The summed E-state index contributed by atoms with van der Waals surface area (Å²) in [5.41, 5.74) is 0.263. The number of benzene rings is 1. The van der Waals surface area contributed by atoms with Gasteiger partial charge in [0.25, 0.3) is 5.91 Å². The summed E-state index contributed by atoms with van der Waals surface area (Å²) in [4.78, 5) is 15.2. The largest absolute Gasteiger partial charge is 0.496 e. The predicted molar refractivity (Wildman–Crippen MR) is 104 cm³/mol. The highest BCUT2D eigenvalue weighted by molar-refractivity contribution is 7.89. The Labute approximate surface area is 161 Å². The van der Waals surface area contributed by atoms with E-state index in [1.165, 1.54) is 36.4 Å². The van der Waals surface area contributed by atoms with Gasteiger partial charge in [0.15, 0.2) is 0 Å². The number of carbonyl (C=O) groups is 1. The molecule has 0 saturated carbocycles. The Hall–Kier alpha value is -1.64. The third-order valence-corrected chi connectivity index (χ3v) is 7.15. The monoisotopic (exact) mass is 395 g/mol. The van der Waals surface area contributed by atoms with Gasteiger partial charge in [-0.15, -0.1) is 0 Å². The zero-order valence-corrected chi connectivity index (χ0v) is 16.8. The molecule has 2 fully saturated rings. The van der Waals surface area contributed by atoms with Gasteiger partial charge in [-0.2, -0.15) is 4.31 Å². The van der Waals surface area contributed by atoms with Crippen LogP contribution in [0.5, 0.6) is 5.75 Å². The molecule has 3 rings (SSSR count). The number of carbonyl (C=O) groups excluding carboxylic acids is 1. The van der Waals surface area contributed by atoms with Gasteiger partial charge in [0, 0.05) is 19.6 Å². The topological polar surface area (TPSA) is 79.0 Å². The molecule has 0 aromatic heterocycles. The molecule has 0 atom stereocenters. The lowest BCUT2D eigenvalue weighted by molar-refractivity contribution is 0.0948. The Bertz CT molecular complexity index is 754. The Kier molecular flexibility index (Phi) is 6.73. The number of nitrogens with zero attached hydrogens (tertiary/aromatic N) is 2. The van der Waals surface area contributed by atoms with Gasteiger partial charge in [-0.05, 0) is 69.9 Å². The van der Waals surface area contributed by atoms with Crippen LogP contribution >= 0.6 is 0 Å². The van der Waals surface area contributed by atoms with E-state index in [1.54, 1.807) is 6.07 Å². The molecule has 2 heterocycles. The number of sulfonamides is 1. The highest BCUT2D eigenvalue weighted by Gasteiger charge is 2.28. The van der Waals surface area contributed by atoms with E-state index in [9.17, 15) is 13.2 Å². The van der Waals surface area contributed by atoms with E-state index in [2.05, 4.69) is 10.2 Å². The van der Waals surface area contributed by atoms with Crippen LogP contribution in [0.2, 0.25) is 0 Å². The van der Waals surface area contributed by atoms with Crippen LogP contribution in [0, 0.1) is 0 Å². The van der Waals surface area contributed by atoms with Crippen molar-refractivity contribution >= 4 is 15.9 Å². The van der Waals surface area contributed by atoms with E-state index >= 15 is 0 Å². The lowest BCUT2D eigenvalue weighted by Gasteiger charge is -2.17. The van der Waals surface area contributed by atoms with Crippen LogP contribution < -0.4 is 10.1 Å². The van der Waals surface area contributed by atoms with Crippen molar-refractivity contribution in [3.05, 3.63) is 23.8 Å². The smallest absolute Gasteiger partial charge is 0.255 e. The number of hydrogen-bond acceptors (Lipinski definition) is 5. The van der Waals surface area contributed by atoms with E-state index in [-0.39, 0.29) is 16.4 Å². The van der Waals surface area contributed by atoms with Crippen LogP contribution in [0.3, 0.4) is 0 Å². The van der Waals surface area contributed by atoms with E-state index in [0.29, 0.717) is 25.4 Å². The normalized spacial score (nSPS) is 18.7. The molecule has 1 N–H and O–H groups in total. The molecule has 0 spiro atoms. The minimum absolute atomic E-state index is 0.146. The van der Waals surface area contributed by atoms with E-state index in [4.69, 9.17) is 4.74 Å². The van der Waals surface area contributed by atoms with Gasteiger partial charge >= 0.3 is 0 Å². The number of amides is 1. The first-order chi connectivity index (χ1) is 13.0. The predicted octanol–water partition coefficient (Wildman–Crippen LogP) is 1.70. The highest BCUT2D eigenvalue weighted by Crippen LogP contribution is 2.26. The molecule has 27 heavy (non-hydrogen) atoms. The first kappa shape index (κ1) is 20.1. The van der Waals surface area contributed by atoms with E-state index in [1.807, 2.05) is 0 Å². The third kappa shape index (κ3) is 4.80. The van der Waals surface area contributed by atoms with Gasteiger partial charge in [-0.1, -0.05) is 0 Å². The summed E-state index contributed by atoms with van der Waals surface area (Å²) < 4.78 is 32.3. The lowest BCUT2D eigenvalue weighted by Crippen LogP contribution is -2.30. The van der Waals surface area contributed by atoms with Gasteiger partial charge in [0.2, 0.25) is 10.0 Å². The van der Waals surface area contributed by atoms with Crippen molar-refractivity contribution in [1.82, 2.24) is 14.5 Å². The Morgan fingerprint density at radius 1 is 1.11 bits per heavy atom. The number of hydrogen-bond donors (Lipinski definition) is 1. The van der Waals surface area contributed by atoms with E-state index < -0.39 is 10.0 Å². The summed E-state index contributed by atoms with van der Waals surface area (Å²) in [7, 11) is -2.08. The molecule has 0 unspecified atom stereocenters. The summed E-state index contributed by atoms with van der Waals surface area (Å²) in [6, 6.07) is 4.50. The zero-order chi connectivity index (χ0) is 19.3. The summed E-state index contributed by atoms with van der Waals surface area (Å²) in [6.07, 6.45) is 5.13. The van der Waals surface area contributed by atoms with Crippen molar-refractivity contribution in [3.63, 3.8) is 0 Å². The summed E-state index contributed by atoms with van der Waals surface area (Å²) in [5, 5.41) is 2.89. The minimum Gasteiger partial charge on any atom is -0.496 e. The molecule has 2 aliphatic heterocycles. The van der Waals surface area contributed by atoms with Crippen molar-refractivity contribution in [2.24, 2.45) is 0 Å². The molecule has 0 radical (unpaired) electrons. The Balaban J connectivity index is 1.66. The fourth-order valence-electron chi connectivity index (χ4n) is 3.71. The molecule has 1 aromatic rings. The first-order valence-corrected chi connectivity index (χ1v) is 11.1. The maximum absolute atomic E-state index is 12.8. The third-order valence-electron chi connectivity index (χ3n) is 5.25. The molecule has 8 heteroatoms. The number of methoxy groups -OCH3 is 1. The maximum Gasteiger partial charge on any atom is 0.255 e. The number of rotatable bonds is 8. The van der Waals surface area contributed by atoms with Crippen molar-refractivity contribution in [2.45, 2.75) is 37.0 Å². The van der Waals surface area contributed by atoms with Crippen LogP contribution in [0.1, 0.15) is 42.5 Å². The fraction of sp³-hybridized carbons (Fsp3) is 0.632. The van der Waals surface area contributed by atoms with Gasteiger partial charge in [-0.25, -0.2) is 8.42 Å². The molecule has 150 valence electrons. The highest BCUT2D eigenvalue weighted by atomic mass is 32.2. The van der Waals surface area contributed by atoms with Gasteiger partial charge in [0.1, 0.15) is 5.75 Å². The molecular weight excluding hydrogens is 366 g/mol. The van der Waals surface area contributed by atoms with Crippen LogP contribution in [-0.4, -0.2) is 69.9 Å². The molecule has 1 aromatic carbocycles. The summed E-state index contributed by atoms with van der Waals surface area (Å²) in [5.74, 6) is 0.0826. The molecular formula is C19H29N3O4S. The van der Waals surface area contributed by atoms with Gasteiger partial charge < -0.3 is 15.0 Å². The maximum atomic E-state index is 12.8. The molecule has 0 bridgehead atoms. The Morgan fingerprint density at radius 2 is 1.78 bits per heavy atom. The van der Waals surface area contributed by atoms with Crippen LogP contribution in [0.15, 0.2) is 23.1 Å². The summed E-state index contributed by atoms with van der Waals surface area (Å²) in [6.45, 7) is 4.87. The van der Waals surface area contributed by atoms with Crippen molar-refractivity contribution in [2.75, 3.05) is 46.4 Å². The summed E-state index contributed by atoms with van der Waals surface area (Å²) >= 11 is 0. The average molecular weight is 396 g/mol.